The Morgan fingerprint density at radius 2 is 2.10 bits per heavy atom. The molecule has 0 aromatic carbocycles. The zero-order valence-corrected chi connectivity index (χ0v) is 6.59. The summed E-state index contributed by atoms with van der Waals surface area (Å²) in [6, 6.07) is 0. The Kier molecular flexibility index (Phi) is 1.83. The third-order valence-electron chi connectivity index (χ3n) is 2.19. The van der Waals surface area contributed by atoms with Crippen molar-refractivity contribution in [3.05, 3.63) is 0 Å². The second-order valence-corrected chi connectivity index (χ2v) is 3.29. The third kappa shape index (κ3) is 1.23. The Hall–Kier alpha value is -0.730. The minimum absolute atomic E-state index is 0.219. The van der Waals surface area contributed by atoms with Crippen molar-refractivity contribution in [3.8, 4) is 0 Å². The summed E-state index contributed by atoms with van der Waals surface area (Å²) in [5.41, 5.74) is 5.27. The molecule has 1 aliphatic rings. The highest BCUT2D eigenvalue weighted by atomic mass is 15.3. The molecule has 0 spiro atoms. The van der Waals surface area contributed by atoms with Crippen LogP contribution in [-0.4, -0.2) is 23.9 Å². The summed E-state index contributed by atoms with van der Waals surface area (Å²) >= 11 is 0. The number of nitrogens with one attached hydrogen (secondary N) is 1. The summed E-state index contributed by atoms with van der Waals surface area (Å²) in [5, 5.41) is 7.09. The summed E-state index contributed by atoms with van der Waals surface area (Å²) in [7, 11) is 0. The molecule has 0 bridgehead atoms. The summed E-state index contributed by atoms with van der Waals surface area (Å²) in [6.45, 7) is 6.38. The molecule has 0 aromatic heterocycles. The SMILES string of the molecule is CC(C)C1CN(C(=N)N)C1. The standard InChI is InChI=1S/C7H15N3/c1-5(2)6-3-10(4-6)7(8)9/h5-6H,3-4H2,1-2H3,(H3,8,9). The lowest BCUT2D eigenvalue weighted by Crippen LogP contribution is -2.54. The molecule has 0 radical (unpaired) electrons. The molecule has 0 amide bonds. The zero-order valence-electron chi connectivity index (χ0n) is 6.59. The molecular formula is C7H15N3. The summed E-state index contributed by atoms with van der Waals surface area (Å²) in [6.07, 6.45) is 0. The van der Waals surface area contributed by atoms with Gasteiger partial charge < -0.3 is 10.6 Å². The van der Waals surface area contributed by atoms with E-state index in [2.05, 4.69) is 13.8 Å². The van der Waals surface area contributed by atoms with Gasteiger partial charge in [-0.3, -0.25) is 5.41 Å². The molecule has 1 heterocycles. The van der Waals surface area contributed by atoms with Gasteiger partial charge in [-0.2, -0.15) is 0 Å². The van der Waals surface area contributed by atoms with E-state index in [1.807, 2.05) is 4.90 Å². The lowest BCUT2D eigenvalue weighted by molar-refractivity contribution is 0.138. The number of hydrogen-bond acceptors (Lipinski definition) is 1. The maximum atomic E-state index is 7.09. The molecule has 10 heavy (non-hydrogen) atoms. The first-order chi connectivity index (χ1) is 4.61. The number of rotatable bonds is 1. The van der Waals surface area contributed by atoms with E-state index < -0.39 is 0 Å². The second kappa shape index (κ2) is 2.48. The first kappa shape index (κ1) is 7.38. The molecule has 3 heteroatoms. The van der Waals surface area contributed by atoms with Gasteiger partial charge in [-0.1, -0.05) is 13.8 Å². The van der Waals surface area contributed by atoms with Gasteiger partial charge in [0.05, 0.1) is 0 Å². The van der Waals surface area contributed by atoms with Gasteiger partial charge in [0.1, 0.15) is 0 Å². The molecule has 1 saturated heterocycles. The van der Waals surface area contributed by atoms with E-state index in [0.29, 0.717) is 0 Å². The van der Waals surface area contributed by atoms with E-state index in [1.54, 1.807) is 0 Å². The van der Waals surface area contributed by atoms with Crippen LogP contribution in [0.5, 0.6) is 0 Å². The Labute approximate surface area is 61.7 Å². The average Bonchev–Trinajstić information content (AvgIpc) is 1.56. The van der Waals surface area contributed by atoms with Crippen LogP contribution in [0.1, 0.15) is 13.8 Å². The molecule has 0 aromatic rings. The van der Waals surface area contributed by atoms with E-state index in [-0.39, 0.29) is 5.96 Å². The second-order valence-electron chi connectivity index (χ2n) is 3.29. The van der Waals surface area contributed by atoms with Gasteiger partial charge in [-0.05, 0) is 11.8 Å². The Bertz CT molecular complexity index is 136. The van der Waals surface area contributed by atoms with Crippen LogP contribution in [0.4, 0.5) is 0 Å². The van der Waals surface area contributed by atoms with Crippen LogP contribution >= 0.6 is 0 Å². The molecular weight excluding hydrogens is 126 g/mol. The van der Waals surface area contributed by atoms with E-state index in [4.69, 9.17) is 11.1 Å². The fraction of sp³-hybridized carbons (Fsp3) is 0.857. The molecule has 58 valence electrons. The predicted molar refractivity (Wildman–Crippen MR) is 41.8 cm³/mol. The highest BCUT2D eigenvalue weighted by Gasteiger charge is 2.29. The van der Waals surface area contributed by atoms with Crippen LogP contribution in [0, 0.1) is 17.2 Å². The van der Waals surface area contributed by atoms with Crippen molar-refractivity contribution in [3.63, 3.8) is 0 Å². The fourth-order valence-corrected chi connectivity index (χ4v) is 1.13. The van der Waals surface area contributed by atoms with E-state index in [9.17, 15) is 0 Å². The van der Waals surface area contributed by atoms with Crippen LogP contribution in [0.25, 0.3) is 0 Å². The molecule has 1 rings (SSSR count). The van der Waals surface area contributed by atoms with Gasteiger partial charge in [0.15, 0.2) is 5.96 Å². The molecule has 0 saturated carbocycles. The quantitative estimate of drug-likeness (QED) is 0.412. The van der Waals surface area contributed by atoms with Crippen molar-refractivity contribution in [1.82, 2.24) is 4.90 Å². The van der Waals surface area contributed by atoms with Crippen molar-refractivity contribution in [2.45, 2.75) is 13.8 Å². The van der Waals surface area contributed by atoms with E-state index in [1.165, 1.54) is 0 Å². The van der Waals surface area contributed by atoms with Crippen LogP contribution in [0.15, 0.2) is 0 Å². The topological polar surface area (TPSA) is 53.1 Å². The first-order valence-corrected chi connectivity index (χ1v) is 3.70. The smallest absolute Gasteiger partial charge is 0.188 e. The monoisotopic (exact) mass is 141 g/mol. The molecule has 0 unspecified atom stereocenters. The lowest BCUT2D eigenvalue weighted by Gasteiger charge is -2.41. The van der Waals surface area contributed by atoms with Crippen LogP contribution < -0.4 is 5.73 Å². The highest BCUT2D eigenvalue weighted by Crippen LogP contribution is 2.22. The van der Waals surface area contributed by atoms with Crippen molar-refractivity contribution in [2.75, 3.05) is 13.1 Å². The number of nitrogens with two attached hydrogens (primary N) is 1. The number of guanidine groups is 1. The van der Waals surface area contributed by atoms with Gasteiger partial charge in [0.25, 0.3) is 0 Å². The van der Waals surface area contributed by atoms with Crippen molar-refractivity contribution >= 4 is 5.96 Å². The predicted octanol–water partition coefficient (Wildman–Crippen LogP) is 0.468. The molecule has 3 nitrogen and oxygen atoms in total. The molecule has 0 aliphatic carbocycles. The van der Waals surface area contributed by atoms with Gasteiger partial charge >= 0.3 is 0 Å². The number of likely N-dealkylation sites (tertiary alicyclic amines) is 1. The van der Waals surface area contributed by atoms with Crippen LogP contribution in [-0.2, 0) is 0 Å². The lowest BCUT2D eigenvalue weighted by atomic mass is 9.89. The summed E-state index contributed by atoms with van der Waals surface area (Å²) in [5.74, 6) is 1.70. The largest absolute Gasteiger partial charge is 0.370 e. The van der Waals surface area contributed by atoms with Crippen LogP contribution in [0.2, 0.25) is 0 Å². The van der Waals surface area contributed by atoms with Gasteiger partial charge in [0.2, 0.25) is 0 Å². The van der Waals surface area contributed by atoms with Crippen molar-refractivity contribution in [2.24, 2.45) is 17.6 Å². The third-order valence-corrected chi connectivity index (χ3v) is 2.19. The maximum absolute atomic E-state index is 7.09. The number of hydrogen-bond donors (Lipinski definition) is 2. The Morgan fingerprint density at radius 3 is 2.40 bits per heavy atom. The van der Waals surface area contributed by atoms with Gasteiger partial charge in [-0.25, -0.2) is 0 Å². The van der Waals surface area contributed by atoms with Crippen molar-refractivity contribution < 1.29 is 0 Å². The molecule has 3 N–H and O–H groups in total. The average molecular weight is 141 g/mol. The van der Waals surface area contributed by atoms with Gasteiger partial charge in [-0.15, -0.1) is 0 Å². The molecule has 1 fully saturated rings. The summed E-state index contributed by atoms with van der Waals surface area (Å²) in [4.78, 5) is 1.89. The highest BCUT2D eigenvalue weighted by molar-refractivity contribution is 5.75. The Balaban J connectivity index is 2.24. The minimum atomic E-state index is 0.219. The molecule has 0 atom stereocenters. The number of nitrogens with zero attached hydrogens (tertiary/aromatic N) is 1. The summed E-state index contributed by atoms with van der Waals surface area (Å²) < 4.78 is 0. The van der Waals surface area contributed by atoms with Crippen LogP contribution in [0.3, 0.4) is 0 Å². The fourth-order valence-electron chi connectivity index (χ4n) is 1.13. The Morgan fingerprint density at radius 1 is 1.60 bits per heavy atom. The maximum Gasteiger partial charge on any atom is 0.188 e. The van der Waals surface area contributed by atoms with E-state index in [0.717, 1.165) is 24.9 Å². The zero-order chi connectivity index (χ0) is 7.72. The van der Waals surface area contributed by atoms with E-state index >= 15 is 0 Å². The first-order valence-electron chi connectivity index (χ1n) is 3.70. The van der Waals surface area contributed by atoms with Crippen molar-refractivity contribution in [1.29, 1.82) is 5.41 Å². The molecule has 1 aliphatic heterocycles. The van der Waals surface area contributed by atoms with Gasteiger partial charge in [0, 0.05) is 13.1 Å². The minimum Gasteiger partial charge on any atom is -0.370 e. The normalized spacial score (nSPS) is 19.3.